The predicted molar refractivity (Wildman–Crippen MR) is 215 cm³/mol. The smallest absolute Gasteiger partial charge is 0.251 e. The Hall–Kier alpha value is -5.92. The number of nitrogens with one attached hydrogen (secondary N) is 1. The van der Waals surface area contributed by atoms with E-state index >= 15 is 0 Å². The molecule has 0 atom stereocenters. The maximum absolute atomic E-state index is 13.1. The molecule has 0 aliphatic heterocycles. The average molecular weight is 770 g/mol. The quantitative estimate of drug-likeness (QED) is 0.0711. The van der Waals surface area contributed by atoms with Crippen LogP contribution in [0.5, 0.6) is 5.75 Å². The minimum Gasteiger partial charge on any atom is -0.491 e. The van der Waals surface area contributed by atoms with Gasteiger partial charge in [-0.1, -0.05) is 30.3 Å². The van der Waals surface area contributed by atoms with E-state index in [4.69, 9.17) is 14.2 Å². The number of benzene rings is 2. The van der Waals surface area contributed by atoms with E-state index < -0.39 is 0 Å². The Morgan fingerprint density at radius 2 is 0.965 bits per heavy atom. The number of carbonyl (C=O) groups excluding carboxylic acids is 1. The Bertz CT molecular complexity index is 1860. The van der Waals surface area contributed by atoms with Crippen LogP contribution in [0.4, 0.5) is 4.39 Å². The number of nitrogens with zero attached hydrogens (tertiary/aromatic N) is 6. The van der Waals surface area contributed by atoms with Gasteiger partial charge in [0.25, 0.3) is 5.91 Å². The largest absolute Gasteiger partial charge is 0.491 e. The highest BCUT2D eigenvalue weighted by molar-refractivity contribution is 5.94. The van der Waals surface area contributed by atoms with Crippen molar-refractivity contribution in [3.05, 3.63) is 185 Å². The second-order valence-electron chi connectivity index (χ2n) is 13.4. The molecule has 1 N–H and O–H groups in total. The van der Waals surface area contributed by atoms with E-state index in [-0.39, 0.29) is 11.7 Å². The Morgan fingerprint density at radius 1 is 0.526 bits per heavy atom. The van der Waals surface area contributed by atoms with Gasteiger partial charge in [0.05, 0.1) is 49.2 Å². The Morgan fingerprint density at radius 3 is 1.40 bits per heavy atom. The van der Waals surface area contributed by atoms with Gasteiger partial charge in [0.1, 0.15) is 18.2 Å². The van der Waals surface area contributed by atoms with Crippen LogP contribution in [0.1, 0.15) is 44.3 Å². The molecule has 4 aromatic heterocycles. The first-order chi connectivity index (χ1) is 28.1. The van der Waals surface area contributed by atoms with Crippen molar-refractivity contribution >= 4 is 5.91 Å². The third-order valence-electron chi connectivity index (χ3n) is 8.79. The highest BCUT2D eigenvalue weighted by Gasteiger charge is 2.15. The Balaban J connectivity index is 1.09. The lowest BCUT2D eigenvalue weighted by Gasteiger charge is -2.25. The molecule has 0 saturated heterocycles. The summed E-state index contributed by atoms with van der Waals surface area (Å²) in [5, 5.41) is 2.76. The molecule has 11 nitrogen and oxygen atoms in total. The zero-order valence-corrected chi connectivity index (χ0v) is 32.0. The van der Waals surface area contributed by atoms with Gasteiger partial charge in [-0.2, -0.15) is 0 Å². The summed E-state index contributed by atoms with van der Waals surface area (Å²) in [4.78, 5) is 35.3. The van der Waals surface area contributed by atoms with Crippen molar-refractivity contribution in [3.8, 4) is 5.75 Å². The molecule has 2 aromatic carbocycles. The second-order valence-corrected chi connectivity index (χ2v) is 13.4. The zero-order chi connectivity index (χ0) is 39.3. The molecule has 0 radical (unpaired) electrons. The van der Waals surface area contributed by atoms with Crippen molar-refractivity contribution in [2.45, 2.75) is 39.3 Å². The molecular formula is C45H48FN7O4. The predicted octanol–water partition coefficient (Wildman–Crippen LogP) is 6.65. The molecule has 0 fully saturated rings. The van der Waals surface area contributed by atoms with Crippen LogP contribution in [0.2, 0.25) is 0 Å². The van der Waals surface area contributed by atoms with Crippen LogP contribution in [-0.4, -0.2) is 75.2 Å². The van der Waals surface area contributed by atoms with Gasteiger partial charge in [-0.25, -0.2) is 4.39 Å². The summed E-state index contributed by atoms with van der Waals surface area (Å²) in [6, 6.07) is 35.8. The molecule has 6 rings (SSSR count). The van der Waals surface area contributed by atoms with Gasteiger partial charge in [-0.15, -0.1) is 0 Å². The maximum Gasteiger partial charge on any atom is 0.251 e. The number of amides is 1. The summed E-state index contributed by atoms with van der Waals surface area (Å²) in [6.45, 7) is 6.06. The van der Waals surface area contributed by atoms with E-state index in [9.17, 15) is 9.18 Å². The summed E-state index contributed by atoms with van der Waals surface area (Å²) in [5.74, 6) is 0.0964. The molecule has 0 unspecified atom stereocenters. The van der Waals surface area contributed by atoms with Crippen molar-refractivity contribution in [1.29, 1.82) is 0 Å². The fourth-order valence-corrected chi connectivity index (χ4v) is 6.21. The van der Waals surface area contributed by atoms with Crippen LogP contribution in [0.15, 0.2) is 140 Å². The molecule has 0 spiro atoms. The first kappa shape index (κ1) is 40.7. The molecule has 0 bridgehead atoms. The number of ether oxygens (including phenoxy) is 3. The molecule has 57 heavy (non-hydrogen) atoms. The number of halogens is 1. The number of rotatable bonds is 23. The van der Waals surface area contributed by atoms with E-state index in [2.05, 4.69) is 53.3 Å². The number of pyridine rings is 4. The van der Waals surface area contributed by atoms with E-state index in [0.29, 0.717) is 84.4 Å². The summed E-state index contributed by atoms with van der Waals surface area (Å²) in [6.07, 6.45) is 7.29. The lowest BCUT2D eigenvalue weighted by atomic mass is 10.1. The third-order valence-corrected chi connectivity index (χ3v) is 8.79. The van der Waals surface area contributed by atoms with Crippen LogP contribution < -0.4 is 10.1 Å². The highest BCUT2D eigenvalue weighted by atomic mass is 19.1. The molecule has 12 heteroatoms. The van der Waals surface area contributed by atoms with Crippen molar-refractivity contribution in [3.63, 3.8) is 0 Å². The van der Waals surface area contributed by atoms with Gasteiger partial charge in [0.15, 0.2) is 0 Å². The molecule has 0 aliphatic carbocycles. The van der Waals surface area contributed by atoms with Crippen molar-refractivity contribution in [1.82, 2.24) is 35.1 Å². The Labute approximate surface area is 333 Å². The molecule has 4 heterocycles. The number of aromatic nitrogens is 4. The number of hydrogen-bond acceptors (Lipinski definition) is 10. The number of hydrogen-bond donors (Lipinski definition) is 1. The SMILES string of the molecule is O=C(NCCOCCOCCOc1cc(CN(Cc2ccccn2)Cc2ccccn2)cc(CN(Cc2ccccn2)Cc2ccccn2)c1)c1ccc([19F])cc1. The van der Waals surface area contributed by atoms with Crippen LogP contribution in [-0.2, 0) is 48.7 Å². The van der Waals surface area contributed by atoms with Crippen LogP contribution in [0, 0.1) is 5.82 Å². The Kier molecular flexibility index (Phi) is 16.1. The molecule has 0 saturated carbocycles. The minimum absolute atomic E-state index is 0.276. The van der Waals surface area contributed by atoms with Gasteiger partial charge in [0, 0.05) is 76.2 Å². The zero-order valence-electron chi connectivity index (χ0n) is 32.0. The van der Waals surface area contributed by atoms with E-state index in [1.807, 2.05) is 97.6 Å². The summed E-state index contributed by atoms with van der Waals surface area (Å²) in [7, 11) is 0. The average Bonchev–Trinajstić information content (AvgIpc) is 3.23. The van der Waals surface area contributed by atoms with Gasteiger partial charge in [-0.05, 0) is 96.1 Å². The lowest BCUT2D eigenvalue weighted by Crippen LogP contribution is -2.27. The first-order valence-corrected chi connectivity index (χ1v) is 19.0. The number of carbonyl (C=O) groups is 1. The normalized spacial score (nSPS) is 11.2. The standard InChI is InChI=1S/C45H48FN7O4/c46-39-15-13-38(14-16-39)45(54)51-21-22-55-23-24-56-25-26-57-44-28-36(30-52(32-40-9-1-5-17-47-40)33-41-10-2-6-18-48-41)27-37(29-44)31-53(34-42-11-3-7-19-49-42)35-43-12-4-8-20-50-43/h1-20,27-29H,21-26,30-35H2,(H,51,54)/i46+0. The third kappa shape index (κ3) is 14.6. The topological polar surface area (TPSA) is 115 Å². The van der Waals surface area contributed by atoms with Gasteiger partial charge >= 0.3 is 0 Å². The van der Waals surface area contributed by atoms with Gasteiger partial charge < -0.3 is 19.5 Å². The van der Waals surface area contributed by atoms with Crippen LogP contribution >= 0.6 is 0 Å². The summed E-state index contributed by atoms with van der Waals surface area (Å²) in [5.41, 5.74) is 6.52. The van der Waals surface area contributed by atoms with Crippen LogP contribution in [0.3, 0.4) is 0 Å². The van der Waals surface area contributed by atoms with Crippen LogP contribution in [0.25, 0.3) is 0 Å². The van der Waals surface area contributed by atoms with Gasteiger partial charge in [0.2, 0.25) is 0 Å². The van der Waals surface area contributed by atoms with Crippen molar-refractivity contribution in [2.75, 3.05) is 39.6 Å². The monoisotopic (exact) mass is 769 g/mol. The molecular weight excluding hydrogens is 722 g/mol. The molecule has 6 aromatic rings. The van der Waals surface area contributed by atoms with Gasteiger partial charge in [-0.3, -0.25) is 34.5 Å². The molecule has 1 amide bonds. The molecule has 0 aliphatic rings. The fourth-order valence-electron chi connectivity index (χ4n) is 6.21. The van der Waals surface area contributed by atoms with E-state index in [1.54, 1.807) is 0 Å². The minimum atomic E-state index is -0.383. The lowest BCUT2D eigenvalue weighted by molar-refractivity contribution is 0.0370. The first-order valence-electron chi connectivity index (χ1n) is 19.0. The molecule has 294 valence electrons. The van der Waals surface area contributed by atoms with E-state index in [0.717, 1.165) is 39.7 Å². The summed E-state index contributed by atoms with van der Waals surface area (Å²) >= 11 is 0. The van der Waals surface area contributed by atoms with Crippen molar-refractivity contribution < 1.29 is 23.4 Å². The van der Waals surface area contributed by atoms with Crippen molar-refractivity contribution in [2.24, 2.45) is 0 Å². The fraction of sp³-hybridized carbons (Fsp3) is 0.267. The van der Waals surface area contributed by atoms with E-state index in [1.165, 1.54) is 24.3 Å². The maximum atomic E-state index is 13.1. The summed E-state index contributed by atoms with van der Waals surface area (Å²) < 4.78 is 30.9. The highest BCUT2D eigenvalue weighted by Crippen LogP contribution is 2.23. The second kappa shape index (κ2) is 22.6.